The van der Waals surface area contributed by atoms with E-state index in [0.717, 1.165) is 12.0 Å². The molecule has 1 fully saturated rings. The molecule has 26 heavy (non-hydrogen) atoms. The second-order valence-corrected chi connectivity index (χ2v) is 6.82. The first-order valence-corrected chi connectivity index (χ1v) is 9.03. The summed E-state index contributed by atoms with van der Waals surface area (Å²) in [5.74, 6) is -0.266. The van der Waals surface area contributed by atoms with Gasteiger partial charge in [-0.1, -0.05) is 53.5 Å². The van der Waals surface area contributed by atoms with Gasteiger partial charge in [0, 0.05) is 12.2 Å². The number of likely N-dealkylation sites (tertiary alicyclic amines) is 1. The summed E-state index contributed by atoms with van der Waals surface area (Å²) in [5.41, 5.74) is 1.44. The molecule has 2 amide bonds. The molecule has 1 aliphatic heterocycles. The summed E-state index contributed by atoms with van der Waals surface area (Å²) in [6, 6.07) is 13.7. The number of carbonyl (C=O) groups is 2. The van der Waals surface area contributed by atoms with Gasteiger partial charge in [0.2, 0.25) is 5.91 Å². The van der Waals surface area contributed by atoms with Gasteiger partial charge < -0.3 is 10.1 Å². The lowest BCUT2D eigenvalue weighted by Gasteiger charge is -2.23. The highest BCUT2D eigenvalue weighted by molar-refractivity contribution is 6.42. The summed E-state index contributed by atoms with van der Waals surface area (Å²) in [6.45, 7) is 0.671. The van der Waals surface area contributed by atoms with Crippen LogP contribution in [0.5, 0.6) is 0 Å². The standard InChI is InChI=1S/C19H18Cl2N2O3/c20-15-9-8-14(11-16(15)21)22-18(24)17-7-4-10-23(17)19(25)26-12-13-5-2-1-3-6-13/h1-3,5-6,8-9,11,17H,4,7,10,12H2,(H,22,24). The van der Waals surface area contributed by atoms with E-state index in [-0.39, 0.29) is 12.5 Å². The summed E-state index contributed by atoms with van der Waals surface area (Å²) in [6.07, 6.45) is 0.855. The highest BCUT2D eigenvalue weighted by Gasteiger charge is 2.35. The number of nitrogens with one attached hydrogen (secondary N) is 1. The highest BCUT2D eigenvalue weighted by atomic mass is 35.5. The maximum Gasteiger partial charge on any atom is 0.410 e. The van der Waals surface area contributed by atoms with E-state index >= 15 is 0 Å². The van der Waals surface area contributed by atoms with E-state index in [2.05, 4.69) is 5.32 Å². The Labute approximate surface area is 161 Å². The van der Waals surface area contributed by atoms with Crippen molar-refractivity contribution in [3.8, 4) is 0 Å². The molecule has 1 heterocycles. The van der Waals surface area contributed by atoms with Gasteiger partial charge in [-0.25, -0.2) is 4.79 Å². The molecule has 1 N–H and O–H groups in total. The third-order valence-corrected chi connectivity index (χ3v) is 4.92. The van der Waals surface area contributed by atoms with Crippen molar-refractivity contribution < 1.29 is 14.3 Å². The van der Waals surface area contributed by atoms with Crippen LogP contribution >= 0.6 is 23.2 Å². The normalized spacial score (nSPS) is 16.4. The Hall–Kier alpha value is -2.24. The van der Waals surface area contributed by atoms with Crippen LogP contribution in [0, 0.1) is 0 Å². The Bertz CT molecular complexity index is 799. The highest BCUT2D eigenvalue weighted by Crippen LogP contribution is 2.26. The maximum atomic E-state index is 12.6. The zero-order valence-electron chi connectivity index (χ0n) is 14.0. The van der Waals surface area contributed by atoms with Crippen LogP contribution in [0.4, 0.5) is 10.5 Å². The molecule has 0 spiro atoms. The molecule has 3 rings (SSSR count). The fourth-order valence-electron chi connectivity index (χ4n) is 2.86. The van der Waals surface area contributed by atoms with E-state index in [1.54, 1.807) is 18.2 Å². The van der Waals surface area contributed by atoms with Gasteiger partial charge in [-0.05, 0) is 36.6 Å². The van der Waals surface area contributed by atoms with Crippen molar-refractivity contribution in [1.82, 2.24) is 4.90 Å². The molecule has 1 unspecified atom stereocenters. The Morgan fingerprint density at radius 1 is 1.12 bits per heavy atom. The maximum absolute atomic E-state index is 12.6. The van der Waals surface area contributed by atoms with Gasteiger partial charge in [0.1, 0.15) is 12.6 Å². The molecule has 0 saturated carbocycles. The number of hydrogen-bond acceptors (Lipinski definition) is 3. The van der Waals surface area contributed by atoms with Crippen LogP contribution in [-0.2, 0) is 16.1 Å². The average molecular weight is 393 g/mol. The van der Waals surface area contributed by atoms with Gasteiger partial charge in [0.05, 0.1) is 10.0 Å². The summed E-state index contributed by atoms with van der Waals surface area (Å²) >= 11 is 11.8. The van der Waals surface area contributed by atoms with Crippen molar-refractivity contribution in [2.24, 2.45) is 0 Å². The van der Waals surface area contributed by atoms with E-state index in [9.17, 15) is 9.59 Å². The molecule has 1 saturated heterocycles. The summed E-state index contributed by atoms with van der Waals surface area (Å²) in [5, 5.41) is 3.55. The van der Waals surface area contributed by atoms with Crippen LogP contribution in [0.25, 0.3) is 0 Å². The van der Waals surface area contributed by atoms with E-state index in [1.165, 1.54) is 4.90 Å². The largest absolute Gasteiger partial charge is 0.445 e. The Balaban J connectivity index is 1.60. The van der Waals surface area contributed by atoms with Crippen molar-refractivity contribution in [2.75, 3.05) is 11.9 Å². The number of carbonyl (C=O) groups excluding carboxylic acids is 2. The average Bonchev–Trinajstić information content (AvgIpc) is 3.14. The lowest BCUT2D eigenvalue weighted by molar-refractivity contribution is -0.120. The minimum absolute atomic E-state index is 0.178. The van der Waals surface area contributed by atoms with Crippen molar-refractivity contribution in [1.29, 1.82) is 0 Å². The predicted molar refractivity (Wildman–Crippen MR) is 101 cm³/mol. The van der Waals surface area contributed by atoms with Gasteiger partial charge in [0.15, 0.2) is 0 Å². The zero-order chi connectivity index (χ0) is 18.5. The Morgan fingerprint density at radius 3 is 2.62 bits per heavy atom. The first-order chi connectivity index (χ1) is 12.5. The van der Waals surface area contributed by atoms with Crippen LogP contribution < -0.4 is 5.32 Å². The van der Waals surface area contributed by atoms with E-state index in [4.69, 9.17) is 27.9 Å². The Kier molecular flexibility index (Phi) is 6.01. The number of halogens is 2. The fourth-order valence-corrected chi connectivity index (χ4v) is 3.16. The van der Waals surface area contributed by atoms with Gasteiger partial charge in [-0.15, -0.1) is 0 Å². The molecular weight excluding hydrogens is 375 g/mol. The molecule has 2 aromatic rings. The lowest BCUT2D eigenvalue weighted by atomic mass is 10.2. The van der Waals surface area contributed by atoms with Gasteiger partial charge in [0.25, 0.3) is 0 Å². The minimum Gasteiger partial charge on any atom is -0.445 e. The number of amides is 2. The topological polar surface area (TPSA) is 58.6 Å². The smallest absolute Gasteiger partial charge is 0.410 e. The van der Waals surface area contributed by atoms with Crippen LogP contribution in [0.2, 0.25) is 10.0 Å². The van der Waals surface area contributed by atoms with E-state index in [1.807, 2.05) is 30.3 Å². The molecule has 0 aromatic heterocycles. The fraction of sp³-hybridized carbons (Fsp3) is 0.263. The second kappa shape index (κ2) is 8.43. The number of hydrogen-bond donors (Lipinski definition) is 1. The summed E-state index contributed by atoms with van der Waals surface area (Å²) < 4.78 is 5.35. The molecule has 136 valence electrons. The number of rotatable bonds is 4. The first-order valence-electron chi connectivity index (χ1n) is 8.28. The zero-order valence-corrected chi connectivity index (χ0v) is 15.5. The number of ether oxygens (including phenoxy) is 1. The quantitative estimate of drug-likeness (QED) is 0.817. The number of benzene rings is 2. The molecule has 0 aliphatic carbocycles. The van der Waals surface area contributed by atoms with Crippen LogP contribution in [0.1, 0.15) is 18.4 Å². The summed E-state index contributed by atoms with van der Waals surface area (Å²) in [7, 11) is 0. The van der Waals surface area contributed by atoms with Crippen LogP contribution in [0.3, 0.4) is 0 Å². The second-order valence-electron chi connectivity index (χ2n) is 6.01. The molecule has 5 nitrogen and oxygen atoms in total. The van der Waals surface area contributed by atoms with Gasteiger partial charge in [-0.3, -0.25) is 9.69 Å². The van der Waals surface area contributed by atoms with E-state index in [0.29, 0.717) is 28.7 Å². The molecular formula is C19H18Cl2N2O3. The SMILES string of the molecule is O=C(Nc1ccc(Cl)c(Cl)c1)C1CCCN1C(=O)OCc1ccccc1. The molecule has 2 aromatic carbocycles. The molecule has 0 radical (unpaired) electrons. The number of anilines is 1. The van der Waals surface area contributed by atoms with Crippen molar-refractivity contribution >= 4 is 40.9 Å². The van der Waals surface area contributed by atoms with Gasteiger partial charge in [-0.2, -0.15) is 0 Å². The molecule has 1 atom stereocenters. The third-order valence-electron chi connectivity index (χ3n) is 4.18. The molecule has 0 bridgehead atoms. The van der Waals surface area contributed by atoms with Gasteiger partial charge >= 0.3 is 6.09 Å². The van der Waals surface area contributed by atoms with Crippen LogP contribution in [-0.4, -0.2) is 29.5 Å². The predicted octanol–water partition coefficient (Wildman–Crippen LogP) is 4.73. The number of nitrogens with zero attached hydrogens (tertiary/aromatic N) is 1. The Morgan fingerprint density at radius 2 is 1.88 bits per heavy atom. The molecule has 7 heteroatoms. The third kappa shape index (κ3) is 4.48. The van der Waals surface area contributed by atoms with Crippen molar-refractivity contribution in [3.05, 3.63) is 64.1 Å². The molecule has 1 aliphatic rings. The van der Waals surface area contributed by atoms with Crippen molar-refractivity contribution in [2.45, 2.75) is 25.5 Å². The van der Waals surface area contributed by atoms with Crippen LogP contribution in [0.15, 0.2) is 48.5 Å². The first kappa shape index (κ1) is 18.5. The minimum atomic E-state index is -0.562. The van der Waals surface area contributed by atoms with E-state index < -0.39 is 12.1 Å². The summed E-state index contributed by atoms with van der Waals surface area (Å²) in [4.78, 5) is 26.4. The van der Waals surface area contributed by atoms with Crippen molar-refractivity contribution in [3.63, 3.8) is 0 Å². The monoisotopic (exact) mass is 392 g/mol. The lowest BCUT2D eigenvalue weighted by Crippen LogP contribution is -2.43.